The van der Waals surface area contributed by atoms with E-state index in [1.165, 1.54) is 0 Å². The summed E-state index contributed by atoms with van der Waals surface area (Å²) in [6.45, 7) is 6.00. The SMILES string of the molecule is CN(C)CC(C)(C)CNC(=O)CC1(N)CCCC1. The Morgan fingerprint density at radius 2 is 1.89 bits per heavy atom. The van der Waals surface area contributed by atoms with E-state index in [4.69, 9.17) is 5.73 Å². The Hall–Kier alpha value is -0.610. The Morgan fingerprint density at radius 3 is 2.39 bits per heavy atom. The van der Waals surface area contributed by atoms with Crippen LogP contribution in [0.15, 0.2) is 0 Å². The molecule has 0 heterocycles. The van der Waals surface area contributed by atoms with Gasteiger partial charge >= 0.3 is 0 Å². The lowest BCUT2D eigenvalue weighted by Gasteiger charge is -2.29. The fourth-order valence-electron chi connectivity index (χ4n) is 2.89. The number of rotatable bonds is 6. The van der Waals surface area contributed by atoms with Gasteiger partial charge in [0.2, 0.25) is 5.91 Å². The van der Waals surface area contributed by atoms with E-state index in [0.717, 1.165) is 32.2 Å². The molecule has 0 aromatic rings. The Balaban J connectivity index is 2.32. The summed E-state index contributed by atoms with van der Waals surface area (Å²) >= 11 is 0. The minimum atomic E-state index is -0.240. The van der Waals surface area contributed by atoms with E-state index < -0.39 is 0 Å². The first-order valence-corrected chi connectivity index (χ1v) is 6.93. The van der Waals surface area contributed by atoms with Crippen LogP contribution in [0.3, 0.4) is 0 Å². The largest absolute Gasteiger partial charge is 0.355 e. The summed E-state index contributed by atoms with van der Waals surface area (Å²) in [5.74, 6) is 0.103. The monoisotopic (exact) mass is 255 g/mol. The summed E-state index contributed by atoms with van der Waals surface area (Å²) in [5.41, 5.74) is 6.06. The molecule has 1 amide bonds. The van der Waals surface area contributed by atoms with Crippen LogP contribution >= 0.6 is 0 Å². The summed E-state index contributed by atoms with van der Waals surface area (Å²) in [7, 11) is 4.11. The van der Waals surface area contributed by atoms with Crippen molar-refractivity contribution in [2.45, 2.75) is 51.5 Å². The van der Waals surface area contributed by atoms with Crippen molar-refractivity contribution in [3.63, 3.8) is 0 Å². The highest BCUT2D eigenvalue weighted by Crippen LogP contribution is 2.29. The van der Waals surface area contributed by atoms with E-state index in [-0.39, 0.29) is 16.9 Å². The third kappa shape index (κ3) is 5.36. The molecule has 106 valence electrons. The maximum atomic E-state index is 11.9. The zero-order valence-corrected chi connectivity index (χ0v) is 12.4. The number of nitrogens with zero attached hydrogens (tertiary/aromatic N) is 1. The number of carbonyl (C=O) groups excluding carboxylic acids is 1. The molecule has 1 saturated carbocycles. The number of nitrogens with two attached hydrogens (primary N) is 1. The maximum Gasteiger partial charge on any atom is 0.221 e. The lowest BCUT2D eigenvalue weighted by molar-refractivity contribution is -0.122. The van der Waals surface area contributed by atoms with E-state index in [9.17, 15) is 4.79 Å². The summed E-state index contributed by atoms with van der Waals surface area (Å²) in [6.07, 6.45) is 4.78. The fourth-order valence-corrected chi connectivity index (χ4v) is 2.89. The quantitative estimate of drug-likeness (QED) is 0.753. The van der Waals surface area contributed by atoms with Crippen molar-refractivity contribution < 1.29 is 4.79 Å². The first-order chi connectivity index (χ1) is 8.22. The van der Waals surface area contributed by atoms with Crippen molar-refractivity contribution in [2.75, 3.05) is 27.2 Å². The molecule has 0 spiro atoms. The molecule has 4 nitrogen and oxygen atoms in total. The van der Waals surface area contributed by atoms with Gasteiger partial charge in [0.1, 0.15) is 0 Å². The molecule has 0 aromatic carbocycles. The van der Waals surface area contributed by atoms with Crippen molar-refractivity contribution in [1.82, 2.24) is 10.2 Å². The van der Waals surface area contributed by atoms with Gasteiger partial charge in [-0.1, -0.05) is 26.7 Å². The van der Waals surface area contributed by atoms with Crippen LogP contribution in [0.4, 0.5) is 0 Å². The molecule has 1 rings (SSSR count). The average Bonchev–Trinajstić information content (AvgIpc) is 2.60. The zero-order chi connectivity index (χ0) is 13.8. The normalized spacial score (nSPS) is 19.2. The van der Waals surface area contributed by atoms with Crippen LogP contribution in [0, 0.1) is 5.41 Å². The molecule has 0 radical (unpaired) electrons. The number of nitrogens with one attached hydrogen (secondary N) is 1. The number of hydrogen-bond donors (Lipinski definition) is 2. The Bertz CT molecular complexity index is 281. The minimum absolute atomic E-state index is 0.0938. The summed E-state index contributed by atoms with van der Waals surface area (Å²) in [4.78, 5) is 14.1. The summed E-state index contributed by atoms with van der Waals surface area (Å²) in [5, 5.41) is 3.03. The maximum absolute atomic E-state index is 11.9. The van der Waals surface area contributed by atoms with Gasteiger partial charge in [-0.05, 0) is 32.4 Å². The van der Waals surface area contributed by atoms with Gasteiger partial charge in [0.15, 0.2) is 0 Å². The Kier molecular flexibility index (Phi) is 5.17. The molecular weight excluding hydrogens is 226 g/mol. The summed E-state index contributed by atoms with van der Waals surface area (Å²) < 4.78 is 0. The smallest absolute Gasteiger partial charge is 0.221 e. The molecule has 0 aliphatic heterocycles. The van der Waals surface area contributed by atoms with Gasteiger partial charge in [0.05, 0.1) is 0 Å². The van der Waals surface area contributed by atoms with Crippen molar-refractivity contribution in [1.29, 1.82) is 0 Å². The van der Waals surface area contributed by atoms with E-state index >= 15 is 0 Å². The van der Waals surface area contributed by atoms with Crippen LogP contribution in [0.5, 0.6) is 0 Å². The molecule has 1 aliphatic carbocycles. The lowest BCUT2D eigenvalue weighted by atomic mass is 9.91. The highest BCUT2D eigenvalue weighted by atomic mass is 16.1. The number of carbonyl (C=O) groups is 1. The van der Waals surface area contributed by atoms with Gasteiger partial charge in [-0.15, -0.1) is 0 Å². The van der Waals surface area contributed by atoms with Gasteiger partial charge in [-0.3, -0.25) is 4.79 Å². The second kappa shape index (κ2) is 6.02. The van der Waals surface area contributed by atoms with Crippen molar-refractivity contribution in [3.05, 3.63) is 0 Å². The van der Waals surface area contributed by atoms with Gasteiger partial charge in [-0.25, -0.2) is 0 Å². The number of amides is 1. The summed E-state index contributed by atoms with van der Waals surface area (Å²) in [6, 6.07) is 0. The van der Waals surface area contributed by atoms with E-state index in [0.29, 0.717) is 13.0 Å². The molecule has 0 aromatic heterocycles. The molecule has 18 heavy (non-hydrogen) atoms. The lowest BCUT2D eigenvalue weighted by Crippen LogP contribution is -2.45. The predicted octanol–water partition coefficient (Wildman–Crippen LogP) is 1.35. The van der Waals surface area contributed by atoms with E-state index in [1.54, 1.807) is 0 Å². The zero-order valence-electron chi connectivity index (χ0n) is 12.4. The highest BCUT2D eigenvalue weighted by molar-refractivity contribution is 5.77. The van der Waals surface area contributed by atoms with Crippen molar-refractivity contribution in [3.8, 4) is 0 Å². The predicted molar refractivity (Wildman–Crippen MR) is 75.3 cm³/mol. The standard InChI is InChI=1S/C14H29N3O/c1-13(2,11-17(3)4)10-16-12(18)9-14(15)7-5-6-8-14/h5-11,15H2,1-4H3,(H,16,18). The van der Waals surface area contributed by atoms with Gasteiger partial charge in [-0.2, -0.15) is 0 Å². The van der Waals surface area contributed by atoms with Crippen molar-refractivity contribution in [2.24, 2.45) is 11.1 Å². The molecule has 0 saturated heterocycles. The molecule has 0 atom stereocenters. The second-order valence-electron chi connectivity index (χ2n) is 6.92. The third-order valence-electron chi connectivity index (χ3n) is 3.62. The molecule has 4 heteroatoms. The Morgan fingerprint density at radius 1 is 1.33 bits per heavy atom. The van der Waals surface area contributed by atoms with Crippen LogP contribution < -0.4 is 11.1 Å². The third-order valence-corrected chi connectivity index (χ3v) is 3.62. The molecule has 0 bridgehead atoms. The van der Waals surface area contributed by atoms with Gasteiger partial charge in [0.25, 0.3) is 0 Å². The first kappa shape index (κ1) is 15.4. The highest BCUT2D eigenvalue weighted by Gasteiger charge is 2.32. The van der Waals surface area contributed by atoms with Crippen LogP contribution in [-0.4, -0.2) is 43.5 Å². The Labute approximate surface area is 111 Å². The van der Waals surface area contributed by atoms with Crippen LogP contribution in [0.2, 0.25) is 0 Å². The van der Waals surface area contributed by atoms with E-state index in [1.807, 2.05) is 0 Å². The van der Waals surface area contributed by atoms with Crippen LogP contribution in [0.1, 0.15) is 46.0 Å². The molecule has 1 fully saturated rings. The van der Waals surface area contributed by atoms with E-state index in [2.05, 4.69) is 38.2 Å². The molecule has 1 aliphatic rings. The molecule has 3 N–H and O–H groups in total. The van der Waals surface area contributed by atoms with Crippen LogP contribution in [-0.2, 0) is 4.79 Å². The number of hydrogen-bond acceptors (Lipinski definition) is 3. The topological polar surface area (TPSA) is 58.4 Å². The molecule has 0 unspecified atom stereocenters. The average molecular weight is 255 g/mol. The second-order valence-corrected chi connectivity index (χ2v) is 6.92. The molecular formula is C14H29N3O. The minimum Gasteiger partial charge on any atom is -0.355 e. The fraction of sp³-hybridized carbons (Fsp3) is 0.929. The van der Waals surface area contributed by atoms with Gasteiger partial charge in [0, 0.05) is 25.0 Å². The first-order valence-electron chi connectivity index (χ1n) is 6.93. The van der Waals surface area contributed by atoms with Crippen LogP contribution in [0.25, 0.3) is 0 Å². The van der Waals surface area contributed by atoms with Crippen molar-refractivity contribution >= 4 is 5.91 Å². The van der Waals surface area contributed by atoms with Gasteiger partial charge < -0.3 is 16.0 Å².